The zero-order valence-electron chi connectivity index (χ0n) is 11.4. The molecule has 0 saturated heterocycles. The average Bonchev–Trinajstić information content (AvgIpc) is 3.30. The molecule has 22 heavy (non-hydrogen) atoms. The van der Waals surface area contributed by atoms with Crippen molar-refractivity contribution in [3.8, 4) is 6.07 Å². The number of anilines is 3. The van der Waals surface area contributed by atoms with E-state index in [1.54, 1.807) is 0 Å². The Hall–Kier alpha value is -2.86. The Labute approximate surface area is 124 Å². The van der Waals surface area contributed by atoms with E-state index in [1.165, 1.54) is 6.20 Å². The van der Waals surface area contributed by atoms with Gasteiger partial charge in [0.2, 0.25) is 11.9 Å². The molecule has 2 aromatic heterocycles. The van der Waals surface area contributed by atoms with Gasteiger partial charge in [-0.2, -0.15) is 20.2 Å². The maximum Gasteiger partial charge on any atom is 0.232 e. The third-order valence-electron chi connectivity index (χ3n) is 3.54. The van der Waals surface area contributed by atoms with Gasteiger partial charge in [0.1, 0.15) is 11.9 Å². The van der Waals surface area contributed by atoms with Gasteiger partial charge in [-0.25, -0.2) is 4.39 Å². The molecule has 0 bridgehead atoms. The fraction of sp³-hybridized carbons (Fsp3) is 0.308. The maximum atomic E-state index is 13.8. The molecule has 112 valence electrons. The minimum absolute atomic E-state index is 0.0174. The number of nitrogen functional groups attached to an aromatic ring is 1. The average molecular weight is 301 g/mol. The molecule has 9 heteroatoms. The summed E-state index contributed by atoms with van der Waals surface area (Å²) in [6, 6.07) is 1.83. The van der Waals surface area contributed by atoms with Crippen LogP contribution in [-0.2, 0) is 5.41 Å². The highest BCUT2D eigenvalue weighted by atomic mass is 19.1. The van der Waals surface area contributed by atoms with E-state index >= 15 is 0 Å². The second-order valence-electron chi connectivity index (χ2n) is 5.06. The van der Waals surface area contributed by atoms with Gasteiger partial charge in [-0.1, -0.05) is 0 Å². The third kappa shape index (κ3) is 2.40. The van der Waals surface area contributed by atoms with Crippen molar-refractivity contribution >= 4 is 17.6 Å². The number of nitrogens with zero attached hydrogens (tertiary/aromatic N) is 5. The Balaban J connectivity index is 1.99. The first-order valence-electron chi connectivity index (χ1n) is 6.51. The third-order valence-corrected chi connectivity index (χ3v) is 3.54. The van der Waals surface area contributed by atoms with Crippen LogP contribution in [-0.4, -0.2) is 31.6 Å². The van der Waals surface area contributed by atoms with Crippen LogP contribution < -0.4 is 11.1 Å². The second kappa shape index (κ2) is 5.16. The van der Waals surface area contributed by atoms with Crippen LogP contribution >= 0.6 is 0 Å². The van der Waals surface area contributed by atoms with E-state index in [9.17, 15) is 9.50 Å². The Morgan fingerprint density at radius 2 is 2.14 bits per heavy atom. The summed E-state index contributed by atoms with van der Waals surface area (Å²) in [5.74, 6) is -0.370. The summed E-state index contributed by atoms with van der Waals surface area (Å²) in [4.78, 5) is 15.7. The fourth-order valence-corrected chi connectivity index (χ4v) is 2.05. The summed E-state index contributed by atoms with van der Waals surface area (Å²) in [6.45, 7) is -0.0943. The number of rotatable bonds is 4. The van der Waals surface area contributed by atoms with Crippen molar-refractivity contribution in [3.63, 3.8) is 0 Å². The van der Waals surface area contributed by atoms with Crippen molar-refractivity contribution in [2.75, 3.05) is 17.7 Å². The van der Waals surface area contributed by atoms with Crippen molar-refractivity contribution in [1.29, 1.82) is 5.26 Å². The maximum absolute atomic E-state index is 13.8. The summed E-state index contributed by atoms with van der Waals surface area (Å²) in [5.41, 5.74) is 5.08. The van der Waals surface area contributed by atoms with Gasteiger partial charge >= 0.3 is 0 Å². The van der Waals surface area contributed by atoms with E-state index in [4.69, 9.17) is 11.0 Å². The molecule has 8 nitrogen and oxygen atoms in total. The molecule has 1 aliphatic rings. The highest BCUT2D eigenvalue weighted by Crippen LogP contribution is 2.46. The number of hydrogen-bond acceptors (Lipinski definition) is 8. The number of aromatic nitrogens is 4. The van der Waals surface area contributed by atoms with Crippen molar-refractivity contribution in [2.45, 2.75) is 18.3 Å². The van der Waals surface area contributed by atoms with Crippen molar-refractivity contribution in [2.24, 2.45) is 0 Å². The minimum Gasteiger partial charge on any atom is -0.395 e. The van der Waals surface area contributed by atoms with Gasteiger partial charge < -0.3 is 16.2 Å². The monoisotopic (exact) mass is 301 g/mol. The number of pyridine rings is 1. The van der Waals surface area contributed by atoms with Gasteiger partial charge in [0, 0.05) is 6.20 Å². The Kier molecular flexibility index (Phi) is 3.30. The molecule has 0 amide bonds. The molecule has 2 heterocycles. The molecule has 0 aliphatic heterocycles. The van der Waals surface area contributed by atoms with Gasteiger partial charge in [0.15, 0.2) is 5.82 Å². The number of aliphatic hydroxyl groups excluding tert-OH is 1. The Bertz CT molecular complexity index is 769. The van der Waals surface area contributed by atoms with E-state index in [-0.39, 0.29) is 29.8 Å². The molecule has 4 N–H and O–H groups in total. The van der Waals surface area contributed by atoms with Gasteiger partial charge in [0.05, 0.1) is 29.5 Å². The largest absolute Gasteiger partial charge is 0.395 e. The van der Waals surface area contributed by atoms with Gasteiger partial charge in [-0.3, -0.25) is 4.98 Å². The van der Waals surface area contributed by atoms with E-state index in [0.717, 1.165) is 19.0 Å². The van der Waals surface area contributed by atoms with Gasteiger partial charge in [0.25, 0.3) is 0 Å². The summed E-state index contributed by atoms with van der Waals surface area (Å²) in [5, 5.41) is 21.1. The SMILES string of the molecule is N#Cc1cncc(F)c1Nc1nc(N)nc(C2(CO)CC2)n1. The van der Waals surface area contributed by atoms with Crippen LogP contribution in [0.2, 0.25) is 0 Å². The van der Waals surface area contributed by atoms with Crippen LogP contribution in [0.1, 0.15) is 24.2 Å². The summed E-state index contributed by atoms with van der Waals surface area (Å²) < 4.78 is 13.8. The highest BCUT2D eigenvalue weighted by Gasteiger charge is 2.47. The molecule has 2 aromatic rings. The summed E-state index contributed by atoms with van der Waals surface area (Å²) in [7, 11) is 0. The zero-order chi connectivity index (χ0) is 15.7. The fourth-order valence-electron chi connectivity index (χ4n) is 2.05. The molecule has 0 spiro atoms. The van der Waals surface area contributed by atoms with Crippen LogP contribution in [0.5, 0.6) is 0 Å². The number of halogens is 1. The first-order chi connectivity index (χ1) is 10.6. The predicted molar refractivity (Wildman–Crippen MR) is 74.4 cm³/mol. The first-order valence-corrected chi connectivity index (χ1v) is 6.51. The van der Waals surface area contributed by atoms with Crippen molar-refractivity contribution in [3.05, 3.63) is 29.6 Å². The summed E-state index contributed by atoms with van der Waals surface area (Å²) in [6.07, 6.45) is 3.70. The number of nitrogens with one attached hydrogen (secondary N) is 1. The van der Waals surface area contributed by atoms with E-state index in [1.807, 2.05) is 6.07 Å². The number of nitriles is 1. The van der Waals surface area contributed by atoms with Crippen LogP contribution in [0.4, 0.5) is 22.0 Å². The molecular weight excluding hydrogens is 289 g/mol. The van der Waals surface area contributed by atoms with Crippen LogP contribution in [0.15, 0.2) is 12.4 Å². The molecule has 0 radical (unpaired) electrons. The molecule has 0 aromatic carbocycles. The topological polar surface area (TPSA) is 134 Å². The van der Waals surface area contributed by atoms with Gasteiger partial charge in [-0.15, -0.1) is 0 Å². The van der Waals surface area contributed by atoms with E-state index < -0.39 is 11.2 Å². The Morgan fingerprint density at radius 1 is 1.36 bits per heavy atom. The van der Waals surface area contributed by atoms with Crippen LogP contribution in [0, 0.1) is 17.1 Å². The molecule has 0 atom stereocenters. The normalized spacial score (nSPS) is 15.1. The number of aliphatic hydroxyl groups is 1. The van der Waals surface area contributed by atoms with E-state index in [2.05, 4.69) is 25.3 Å². The smallest absolute Gasteiger partial charge is 0.232 e. The molecule has 1 saturated carbocycles. The number of nitrogens with two attached hydrogens (primary N) is 1. The van der Waals surface area contributed by atoms with Crippen molar-refractivity contribution in [1.82, 2.24) is 19.9 Å². The highest BCUT2D eigenvalue weighted by molar-refractivity contribution is 5.63. The second-order valence-corrected chi connectivity index (χ2v) is 5.06. The number of hydrogen-bond donors (Lipinski definition) is 3. The molecule has 3 rings (SSSR count). The molecule has 1 fully saturated rings. The summed E-state index contributed by atoms with van der Waals surface area (Å²) >= 11 is 0. The Morgan fingerprint density at radius 3 is 2.77 bits per heavy atom. The van der Waals surface area contributed by atoms with Gasteiger partial charge in [-0.05, 0) is 12.8 Å². The molecule has 0 unspecified atom stereocenters. The van der Waals surface area contributed by atoms with E-state index in [0.29, 0.717) is 5.82 Å². The van der Waals surface area contributed by atoms with Crippen molar-refractivity contribution < 1.29 is 9.50 Å². The lowest BCUT2D eigenvalue weighted by atomic mass is 10.1. The van der Waals surface area contributed by atoms with Crippen LogP contribution in [0.3, 0.4) is 0 Å². The lowest BCUT2D eigenvalue weighted by Crippen LogP contribution is -2.19. The molecular formula is C13H12FN7O. The molecule has 1 aliphatic carbocycles. The minimum atomic E-state index is -0.706. The predicted octanol–water partition coefficient (Wildman–Crippen LogP) is 0.627. The standard InChI is InChI=1S/C13H12FN7O/c14-8-5-17-4-7(3-15)9(8)18-12-20-10(19-11(16)21-12)13(6-22)1-2-13/h4-5,22H,1-2,6H2,(H3,16,17,18,19,20,21). The van der Waals surface area contributed by atoms with Crippen LogP contribution in [0.25, 0.3) is 0 Å². The zero-order valence-corrected chi connectivity index (χ0v) is 11.4. The lowest BCUT2D eigenvalue weighted by Gasteiger charge is -2.13. The first kappa shape index (κ1) is 14.1. The lowest BCUT2D eigenvalue weighted by molar-refractivity contribution is 0.250. The quantitative estimate of drug-likeness (QED) is 0.748.